The van der Waals surface area contributed by atoms with Crippen molar-refractivity contribution in [3.05, 3.63) is 64.7 Å². The minimum atomic E-state index is -0.0577. The molecule has 6 heteroatoms. The van der Waals surface area contributed by atoms with Crippen molar-refractivity contribution in [2.45, 2.75) is 6.54 Å². The van der Waals surface area contributed by atoms with E-state index in [1.807, 2.05) is 42.5 Å². The number of anilines is 1. The quantitative estimate of drug-likeness (QED) is 0.731. The summed E-state index contributed by atoms with van der Waals surface area (Å²) in [5, 5.41) is 0.646. The minimum Gasteiger partial charge on any atom is -0.495 e. The first-order valence-electron chi connectivity index (χ1n) is 8.94. The van der Waals surface area contributed by atoms with E-state index in [0.717, 1.165) is 55.5 Å². The standard InChI is InChI=1S/C20H22N4O2/c1-26-18-9-5-4-8-17(18)24-12-10-23(11-13-24)14-19-21-16-7-3-2-6-15(16)20(25)22-19/h2-9H,10-14H2,1H3,(H,21,22,25)/p+1. The summed E-state index contributed by atoms with van der Waals surface area (Å²) in [5.74, 6) is 1.67. The Balaban J connectivity index is 1.45. The van der Waals surface area contributed by atoms with Crippen molar-refractivity contribution < 1.29 is 9.64 Å². The van der Waals surface area contributed by atoms with E-state index >= 15 is 0 Å². The van der Waals surface area contributed by atoms with Gasteiger partial charge in [0.25, 0.3) is 5.56 Å². The van der Waals surface area contributed by atoms with Crippen LogP contribution in [-0.2, 0) is 6.54 Å². The molecule has 3 aromatic rings. The van der Waals surface area contributed by atoms with Crippen molar-refractivity contribution in [2.24, 2.45) is 0 Å². The van der Waals surface area contributed by atoms with Crippen LogP contribution in [0, 0.1) is 0 Å². The summed E-state index contributed by atoms with van der Waals surface area (Å²) < 4.78 is 5.48. The molecule has 26 heavy (non-hydrogen) atoms. The number of aromatic nitrogens is 2. The molecular weight excluding hydrogens is 328 g/mol. The van der Waals surface area contributed by atoms with Gasteiger partial charge in [-0.1, -0.05) is 24.3 Å². The number of nitrogens with zero attached hydrogens (tertiary/aromatic N) is 2. The number of ether oxygens (including phenoxy) is 1. The highest BCUT2D eigenvalue weighted by Gasteiger charge is 2.23. The lowest BCUT2D eigenvalue weighted by Gasteiger charge is -2.34. The first-order chi connectivity index (χ1) is 12.7. The number of fused-ring (bicyclic) bond motifs is 1. The highest BCUT2D eigenvalue weighted by atomic mass is 16.5. The highest BCUT2D eigenvalue weighted by molar-refractivity contribution is 5.77. The van der Waals surface area contributed by atoms with Crippen LogP contribution < -0.4 is 20.1 Å². The van der Waals surface area contributed by atoms with Crippen LogP contribution in [0.1, 0.15) is 5.82 Å². The Kier molecular flexibility index (Phi) is 4.58. The lowest BCUT2D eigenvalue weighted by atomic mass is 10.2. The van der Waals surface area contributed by atoms with Gasteiger partial charge in [-0.05, 0) is 24.3 Å². The van der Waals surface area contributed by atoms with E-state index in [0.29, 0.717) is 5.39 Å². The third-order valence-electron chi connectivity index (χ3n) is 4.98. The first kappa shape index (κ1) is 16.6. The Hall–Kier alpha value is -2.86. The van der Waals surface area contributed by atoms with Crippen molar-refractivity contribution in [1.29, 1.82) is 0 Å². The van der Waals surface area contributed by atoms with E-state index in [1.54, 1.807) is 7.11 Å². The van der Waals surface area contributed by atoms with Gasteiger partial charge in [-0.15, -0.1) is 0 Å². The van der Waals surface area contributed by atoms with Gasteiger partial charge in [0.2, 0.25) is 0 Å². The zero-order valence-corrected chi connectivity index (χ0v) is 14.9. The smallest absolute Gasteiger partial charge is 0.258 e. The second kappa shape index (κ2) is 7.17. The summed E-state index contributed by atoms with van der Waals surface area (Å²) in [6.45, 7) is 4.63. The number of aromatic amines is 1. The van der Waals surface area contributed by atoms with E-state index in [-0.39, 0.29) is 5.56 Å². The summed E-state index contributed by atoms with van der Waals surface area (Å²) in [7, 11) is 1.71. The average Bonchev–Trinajstić information content (AvgIpc) is 2.69. The SMILES string of the molecule is COc1ccccc1N1CC[NH+](Cc2nc3ccccc3c(=O)[nH]2)CC1. The Labute approximate surface area is 152 Å². The Morgan fingerprint density at radius 2 is 1.85 bits per heavy atom. The molecule has 1 aromatic heterocycles. The predicted octanol–water partition coefficient (Wildman–Crippen LogP) is 0.837. The third-order valence-corrected chi connectivity index (χ3v) is 4.98. The summed E-state index contributed by atoms with van der Waals surface area (Å²) in [5.41, 5.74) is 1.85. The second-order valence-electron chi connectivity index (χ2n) is 6.62. The van der Waals surface area contributed by atoms with Crippen LogP contribution >= 0.6 is 0 Å². The molecule has 0 aliphatic carbocycles. The Morgan fingerprint density at radius 1 is 1.12 bits per heavy atom. The van der Waals surface area contributed by atoms with Gasteiger partial charge in [0.15, 0.2) is 5.82 Å². The maximum atomic E-state index is 12.2. The molecule has 0 saturated carbocycles. The molecule has 4 rings (SSSR count). The van der Waals surface area contributed by atoms with Crippen molar-refractivity contribution in [3.8, 4) is 5.75 Å². The van der Waals surface area contributed by atoms with Crippen LogP contribution in [0.25, 0.3) is 10.9 Å². The van der Waals surface area contributed by atoms with Crippen LogP contribution in [0.5, 0.6) is 5.75 Å². The highest BCUT2D eigenvalue weighted by Crippen LogP contribution is 2.27. The number of benzene rings is 2. The topological polar surface area (TPSA) is 62.7 Å². The fourth-order valence-electron chi connectivity index (χ4n) is 3.59. The molecule has 1 aliphatic heterocycles. The van der Waals surface area contributed by atoms with Crippen molar-refractivity contribution in [2.75, 3.05) is 38.2 Å². The molecule has 1 fully saturated rings. The first-order valence-corrected chi connectivity index (χ1v) is 8.94. The number of methoxy groups -OCH3 is 1. The number of rotatable bonds is 4. The fraction of sp³-hybridized carbons (Fsp3) is 0.300. The maximum Gasteiger partial charge on any atom is 0.258 e. The molecule has 134 valence electrons. The van der Waals surface area contributed by atoms with Crippen molar-refractivity contribution >= 4 is 16.6 Å². The van der Waals surface area contributed by atoms with Crippen LogP contribution in [0.15, 0.2) is 53.3 Å². The zero-order valence-electron chi connectivity index (χ0n) is 14.9. The number of nitrogens with one attached hydrogen (secondary N) is 2. The number of H-pyrrole nitrogens is 1. The van der Waals surface area contributed by atoms with E-state index < -0.39 is 0 Å². The van der Waals surface area contributed by atoms with Gasteiger partial charge in [0, 0.05) is 0 Å². The van der Waals surface area contributed by atoms with Gasteiger partial charge >= 0.3 is 0 Å². The third kappa shape index (κ3) is 3.28. The molecule has 0 amide bonds. The number of hydrogen-bond acceptors (Lipinski definition) is 4. The second-order valence-corrected chi connectivity index (χ2v) is 6.62. The van der Waals surface area contributed by atoms with Gasteiger partial charge in [0.05, 0.1) is 49.9 Å². The van der Waals surface area contributed by atoms with Crippen LogP contribution in [0.4, 0.5) is 5.69 Å². The van der Waals surface area contributed by atoms with Crippen molar-refractivity contribution in [3.63, 3.8) is 0 Å². The summed E-state index contributed by atoms with van der Waals surface area (Å²) >= 11 is 0. The molecule has 2 heterocycles. The van der Waals surface area contributed by atoms with Gasteiger partial charge in [-0.3, -0.25) is 4.79 Å². The molecule has 0 radical (unpaired) electrons. The van der Waals surface area contributed by atoms with Crippen LogP contribution in [0.3, 0.4) is 0 Å². The van der Waals surface area contributed by atoms with Crippen LogP contribution in [-0.4, -0.2) is 43.3 Å². The van der Waals surface area contributed by atoms with Gasteiger partial charge < -0.3 is 19.5 Å². The van der Waals surface area contributed by atoms with Crippen LogP contribution in [0.2, 0.25) is 0 Å². The van der Waals surface area contributed by atoms with Gasteiger partial charge in [-0.25, -0.2) is 4.98 Å². The molecule has 0 bridgehead atoms. The molecule has 0 unspecified atom stereocenters. The largest absolute Gasteiger partial charge is 0.495 e. The Morgan fingerprint density at radius 3 is 2.65 bits per heavy atom. The lowest BCUT2D eigenvalue weighted by Crippen LogP contribution is -3.13. The normalized spacial score (nSPS) is 15.3. The number of hydrogen-bond donors (Lipinski definition) is 2. The zero-order chi connectivity index (χ0) is 17.9. The minimum absolute atomic E-state index is 0.0577. The monoisotopic (exact) mass is 351 g/mol. The lowest BCUT2D eigenvalue weighted by molar-refractivity contribution is -0.915. The summed E-state index contributed by atoms with van der Waals surface area (Å²) in [6, 6.07) is 15.6. The molecule has 2 aromatic carbocycles. The van der Waals surface area contributed by atoms with Gasteiger partial charge in [-0.2, -0.15) is 0 Å². The predicted molar refractivity (Wildman–Crippen MR) is 102 cm³/mol. The molecule has 1 saturated heterocycles. The average molecular weight is 351 g/mol. The van der Waals surface area contributed by atoms with E-state index in [1.165, 1.54) is 4.90 Å². The summed E-state index contributed by atoms with van der Waals surface area (Å²) in [4.78, 5) is 23.6. The molecule has 1 aliphatic rings. The van der Waals surface area contributed by atoms with E-state index in [2.05, 4.69) is 20.9 Å². The Bertz CT molecular complexity index is 961. The maximum absolute atomic E-state index is 12.2. The number of piperazine rings is 1. The van der Waals surface area contributed by atoms with Crippen molar-refractivity contribution in [1.82, 2.24) is 9.97 Å². The summed E-state index contributed by atoms with van der Waals surface area (Å²) in [6.07, 6.45) is 0. The molecule has 2 N–H and O–H groups in total. The molecular formula is C20H23N4O2+. The number of quaternary nitrogens is 1. The molecule has 6 nitrogen and oxygen atoms in total. The fourth-order valence-corrected chi connectivity index (χ4v) is 3.59. The number of para-hydroxylation sites is 3. The molecule has 0 atom stereocenters. The molecule has 0 spiro atoms. The van der Waals surface area contributed by atoms with E-state index in [4.69, 9.17) is 4.74 Å². The van der Waals surface area contributed by atoms with E-state index in [9.17, 15) is 4.79 Å². The van der Waals surface area contributed by atoms with Gasteiger partial charge in [0.1, 0.15) is 12.3 Å².